The van der Waals surface area contributed by atoms with E-state index in [0.29, 0.717) is 40.6 Å². The number of anilines is 3. The molecule has 1 aliphatic heterocycles. The molecule has 6 nitrogen and oxygen atoms in total. The molecule has 1 heterocycles. The summed E-state index contributed by atoms with van der Waals surface area (Å²) in [6.07, 6.45) is 3.82. The number of aryl methyl sites for hydroxylation is 2. The van der Waals surface area contributed by atoms with Crippen molar-refractivity contribution in [1.82, 2.24) is 0 Å². The summed E-state index contributed by atoms with van der Waals surface area (Å²) in [7, 11) is -3.77. The average molecular weight is 578 g/mol. The third kappa shape index (κ3) is 4.75. The Morgan fingerprint density at radius 2 is 1.62 bits per heavy atom. The number of carbonyl (C=O) groups excluding carboxylic acids is 1. The van der Waals surface area contributed by atoms with Crippen LogP contribution in [-0.4, -0.2) is 14.3 Å². The summed E-state index contributed by atoms with van der Waals surface area (Å²) in [5.41, 5.74) is 7.25. The number of nitrogens with one attached hydrogen (secondary N) is 3. The molecule has 0 spiro atoms. The first-order valence-electron chi connectivity index (χ1n) is 14.7. The predicted molar refractivity (Wildman–Crippen MR) is 167 cm³/mol. The van der Waals surface area contributed by atoms with Gasteiger partial charge in [-0.25, -0.2) is 8.42 Å². The molecule has 1 amide bonds. The van der Waals surface area contributed by atoms with E-state index < -0.39 is 10.0 Å². The summed E-state index contributed by atoms with van der Waals surface area (Å²) >= 11 is 0. The van der Waals surface area contributed by atoms with Gasteiger partial charge in [-0.05, 0) is 128 Å². The van der Waals surface area contributed by atoms with Crippen LogP contribution in [0.5, 0.6) is 0 Å². The van der Waals surface area contributed by atoms with Crippen molar-refractivity contribution in [3.63, 3.8) is 0 Å². The Bertz CT molecular complexity index is 1770. The first-order valence-corrected chi connectivity index (χ1v) is 16.2. The van der Waals surface area contributed by atoms with Gasteiger partial charge < -0.3 is 10.6 Å². The van der Waals surface area contributed by atoms with Crippen LogP contribution in [0, 0.1) is 31.6 Å². The van der Waals surface area contributed by atoms with Crippen molar-refractivity contribution < 1.29 is 13.2 Å². The molecule has 0 unspecified atom stereocenters. The van der Waals surface area contributed by atoms with Crippen LogP contribution in [0.25, 0.3) is 0 Å². The van der Waals surface area contributed by atoms with Crippen molar-refractivity contribution in [3.8, 4) is 0 Å². The molecule has 7 rings (SSSR count). The zero-order valence-electron chi connectivity index (χ0n) is 23.8. The van der Waals surface area contributed by atoms with E-state index in [-0.39, 0.29) is 16.8 Å². The van der Waals surface area contributed by atoms with Gasteiger partial charge in [-0.3, -0.25) is 9.52 Å². The van der Waals surface area contributed by atoms with Crippen LogP contribution in [0.2, 0.25) is 0 Å². The van der Waals surface area contributed by atoms with Gasteiger partial charge in [0.05, 0.1) is 16.6 Å². The van der Waals surface area contributed by atoms with Crippen LogP contribution >= 0.6 is 0 Å². The maximum Gasteiger partial charge on any atom is 0.261 e. The zero-order chi connectivity index (χ0) is 29.0. The molecule has 214 valence electrons. The van der Waals surface area contributed by atoms with Gasteiger partial charge in [0.2, 0.25) is 0 Å². The van der Waals surface area contributed by atoms with E-state index in [1.165, 1.54) is 42.5 Å². The van der Waals surface area contributed by atoms with Gasteiger partial charge in [0, 0.05) is 16.9 Å². The van der Waals surface area contributed by atoms with E-state index in [1.807, 2.05) is 38.1 Å². The van der Waals surface area contributed by atoms with Crippen LogP contribution in [-0.2, 0) is 10.0 Å². The summed E-state index contributed by atoms with van der Waals surface area (Å²) in [5.74, 6) is 2.15. The van der Waals surface area contributed by atoms with Crippen LogP contribution < -0.4 is 15.4 Å². The second kappa shape index (κ2) is 10.3. The van der Waals surface area contributed by atoms with Gasteiger partial charge in [0.25, 0.3) is 15.9 Å². The fourth-order valence-electron chi connectivity index (χ4n) is 7.59. The van der Waals surface area contributed by atoms with Crippen molar-refractivity contribution in [3.05, 3.63) is 119 Å². The number of hydrogen-bond donors (Lipinski definition) is 3. The largest absolute Gasteiger partial charge is 0.378 e. The van der Waals surface area contributed by atoms with Crippen LogP contribution in [0.4, 0.5) is 17.1 Å². The first-order chi connectivity index (χ1) is 20.3. The van der Waals surface area contributed by atoms with E-state index in [1.54, 1.807) is 12.1 Å². The number of benzene rings is 4. The molecule has 4 aromatic carbocycles. The molecular weight excluding hydrogens is 542 g/mol. The van der Waals surface area contributed by atoms with Crippen LogP contribution in [0.3, 0.4) is 0 Å². The molecule has 2 aliphatic carbocycles. The molecule has 0 saturated heterocycles. The molecule has 2 bridgehead atoms. The van der Waals surface area contributed by atoms with E-state index in [2.05, 4.69) is 57.8 Å². The molecule has 3 N–H and O–H groups in total. The Morgan fingerprint density at radius 1 is 0.857 bits per heavy atom. The maximum atomic E-state index is 13.4. The lowest BCUT2D eigenvalue weighted by Crippen LogP contribution is -2.35. The maximum absolute atomic E-state index is 13.4. The highest BCUT2D eigenvalue weighted by molar-refractivity contribution is 7.92. The SMILES string of the molecule is Cc1ccc(C)c(NS(=O)(=O)c2ccc(NC(=O)c3ccc4c(c3)[C@@H]3[C@H]5CC[C@@H](C5)[C@H]3[C@H](c3ccccc3)N4)cc2)c1. The molecule has 7 heteroatoms. The second-order valence-electron chi connectivity index (χ2n) is 12.2. The fraction of sp³-hybridized carbons (Fsp3) is 0.286. The van der Waals surface area contributed by atoms with Gasteiger partial charge in [-0.2, -0.15) is 0 Å². The zero-order valence-corrected chi connectivity index (χ0v) is 24.6. The third-order valence-electron chi connectivity index (χ3n) is 9.57. The molecule has 2 saturated carbocycles. The second-order valence-corrected chi connectivity index (χ2v) is 13.9. The van der Waals surface area contributed by atoms with E-state index in [0.717, 1.165) is 16.8 Å². The molecule has 3 aliphatic rings. The third-order valence-corrected chi connectivity index (χ3v) is 10.9. The van der Waals surface area contributed by atoms with Crippen molar-refractivity contribution in [2.24, 2.45) is 17.8 Å². The summed E-state index contributed by atoms with van der Waals surface area (Å²) in [4.78, 5) is 13.5. The Labute approximate surface area is 247 Å². The predicted octanol–water partition coefficient (Wildman–Crippen LogP) is 7.65. The smallest absolute Gasteiger partial charge is 0.261 e. The summed E-state index contributed by atoms with van der Waals surface area (Å²) in [6.45, 7) is 3.79. The highest BCUT2D eigenvalue weighted by Crippen LogP contribution is 2.63. The molecule has 5 atom stereocenters. The molecule has 0 radical (unpaired) electrons. The number of sulfonamides is 1. The quantitative estimate of drug-likeness (QED) is 0.220. The number of fused-ring (bicyclic) bond motifs is 7. The molecule has 0 aromatic heterocycles. The monoisotopic (exact) mass is 577 g/mol. The van der Waals surface area contributed by atoms with Crippen molar-refractivity contribution in [1.29, 1.82) is 0 Å². The Hall–Kier alpha value is -4.10. The van der Waals surface area contributed by atoms with Crippen molar-refractivity contribution >= 4 is 33.0 Å². The van der Waals surface area contributed by atoms with Crippen molar-refractivity contribution in [2.45, 2.75) is 50.0 Å². The highest BCUT2D eigenvalue weighted by atomic mass is 32.2. The number of carbonyl (C=O) groups is 1. The van der Waals surface area contributed by atoms with E-state index in [4.69, 9.17) is 0 Å². The Balaban J connectivity index is 1.10. The molecular formula is C35H35N3O3S. The molecule has 42 heavy (non-hydrogen) atoms. The normalized spacial score (nSPS) is 23.9. The minimum Gasteiger partial charge on any atom is -0.378 e. The lowest BCUT2D eigenvalue weighted by molar-refractivity contribution is 0.102. The fourth-order valence-corrected chi connectivity index (χ4v) is 8.71. The summed E-state index contributed by atoms with van der Waals surface area (Å²) in [5, 5.41) is 6.80. The Kier molecular flexibility index (Phi) is 6.58. The van der Waals surface area contributed by atoms with Gasteiger partial charge in [-0.15, -0.1) is 0 Å². The topological polar surface area (TPSA) is 87.3 Å². The lowest BCUT2D eigenvalue weighted by atomic mass is 9.68. The lowest BCUT2D eigenvalue weighted by Gasteiger charge is -2.43. The molecule has 4 aromatic rings. The van der Waals surface area contributed by atoms with Crippen molar-refractivity contribution in [2.75, 3.05) is 15.4 Å². The van der Waals surface area contributed by atoms with Gasteiger partial charge in [-0.1, -0.05) is 42.5 Å². The number of hydrogen-bond acceptors (Lipinski definition) is 4. The minimum absolute atomic E-state index is 0.136. The van der Waals surface area contributed by atoms with Gasteiger partial charge in [0.1, 0.15) is 0 Å². The molecule has 2 fully saturated rings. The van der Waals surface area contributed by atoms with Gasteiger partial charge >= 0.3 is 0 Å². The van der Waals surface area contributed by atoms with E-state index >= 15 is 0 Å². The minimum atomic E-state index is -3.77. The van der Waals surface area contributed by atoms with Crippen LogP contribution in [0.1, 0.15) is 63.8 Å². The van der Waals surface area contributed by atoms with Crippen LogP contribution in [0.15, 0.2) is 95.9 Å². The first kappa shape index (κ1) is 26.8. The average Bonchev–Trinajstić information content (AvgIpc) is 3.62. The summed E-state index contributed by atoms with van der Waals surface area (Å²) in [6, 6.07) is 29.0. The Morgan fingerprint density at radius 3 is 2.40 bits per heavy atom. The van der Waals surface area contributed by atoms with E-state index in [9.17, 15) is 13.2 Å². The standard InChI is InChI=1S/C35H35N3O3S/c1-21-8-9-22(2)31(18-21)38-42(40,41)28-15-13-27(14-16-28)36-35(39)26-12-17-30-29(20-26)32-24-10-11-25(19-24)33(32)34(37-30)23-6-4-3-5-7-23/h3-9,12-18,20,24-25,32-34,37-38H,10-11,19H2,1-2H3,(H,36,39)/t24-,25-,32-,33+,34-/m0/s1. The highest BCUT2D eigenvalue weighted by Gasteiger charge is 2.53. The number of rotatable bonds is 6. The summed E-state index contributed by atoms with van der Waals surface area (Å²) < 4.78 is 28.7. The number of amides is 1. The van der Waals surface area contributed by atoms with Gasteiger partial charge in [0.15, 0.2) is 0 Å².